The predicted octanol–water partition coefficient (Wildman–Crippen LogP) is 3.25. The first-order chi connectivity index (χ1) is 6.49. The lowest BCUT2D eigenvalue weighted by molar-refractivity contribution is 0.542. The summed E-state index contributed by atoms with van der Waals surface area (Å²) < 4.78 is 0. The Morgan fingerprint density at radius 2 is 2.14 bits per heavy atom. The molecule has 1 aliphatic carbocycles. The zero-order valence-electron chi connectivity index (χ0n) is 9.48. The van der Waals surface area contributed by atoms with Gasteiger partial charge in [-0.25, -0.2) is 0 Å². The van der Waals surface area contributed by atoms with Crippen molar-refractivity contribution in [2.45, 2.75) is 46.7 Å². The maximum Gasteiger partial charge on any atom is 0.0219 e. The van der Waals surface area contributed by atoms with E-state index in [0.29, 0.717) is 5.41 Å². The van der Waals surface area contributed by atoms with Crippen LogP contribution in [-0.4, -0.2) is 6.04 Å². The predicted molar refractivity (Wildman–Crippen MR) is 62.8 cm³/mol. The Morgan fingerprint density at radius 1 is 1.50 bits per heavy atom. The van der Waals surface area contributed by atoms with Crippen molar-refractivity contribution in [1.82, 2.24) is 5.32 Å². The third kappa shape index (κ3) is 2.01. The number of rotatable bonds is 3. The molecule has 1 atom stereocenters. The minimum absolute atomic E-state index is 0.541. The summed E-state index contributed by atoms with van der Waals surface area (Å²) in [5.74, 6) is 0. The minimum Gasteiger partial charge on any atom is -0.309 e. The molecule has 14 heavy (non-hydrogen) atoms. The van der Waals surface area contributed by atoms with Crippen molar-refractivity contribution in [3.63, 3.8) is 0 Å². The Bertz CT molecular complexity index is 338. The lowest BCUT2D eigenvalue weighted by Gasteiger charge is -2.05. The molecule has 0 amide bonds. The normalized spacial score (nSPS) is 23.9. The molecule has 0 spiro atoms. The Hall–Kier alpha value is -0.340. The monoisotopic (exact) mass is 209 g/mol. The first-order valence-electron chi connectivity index (χ1n) is 5.28. The van der Waals surface area contributed by atoms with Gasteiger partial charge in [-0.3, -0.25) is 0 Å². The summed E-state index contributed by atoms with van der Waals surface area (Å²) in [6.07, 6.45) is 1.33. The summed E-state index contributed by atoms with van der Waals surface area (Å²) >= 11 is 1.90. The number of aryl methyl sites for hydroxylation is 2. The molecule has 1 heterocycles. The smallest absolute Gasteiger partial charge is 0.0219 e. The lowest BCUT2D eigenvalue weighted by Crippen LogP contribution is -2.19. The summed E-state index contributed by atoms with van der Waals surface area (Å²) in [7, 11) is 0. The fraction of sp³-hybridized carbons (Fsp3) is 0.667. The Labute approximate surface area is 90.5 Å². The molecule has 2 heteroatoms. The standard InChI is InChI=1S/C12H19NS/c1-8-5-10(9(2)14-8)7-13-11-6-12(11,3)4/h5,11,13H,6-7H2,1-4H3. The zero-order chi connectivity index (χ0) is 10.3. The van der Waals surface area contributed by atoms with Gasteiger partial charge >= 0.3 is 0 Å². The van der Waals surface area contributed by atoms with Crippen LogP contribution in [0.25, 0.3) is 0 Å². The van der Waals surface area contributed by atoms with Crippen LogP contribution >= 0.6 is 11.3 Å². The third-order valence-electron chi connectivity index (χ3n) is 3.20. The molecule has 0 saturated heterocycles. The molecule has 1 unspecified atom stereocenters. The average molecular weight is 209 g/mol. The topological polar surface area (TPSA) is 12.0 Å². The molecule has 1 aromatic rings. The summed E-state index contributed by atoms with van der Waals surface area (Å²) in [5, 5.41) is 3.62. The average Bonchev–Trinajstić information content (AvgIpc) is 2.53. The summed E-state index contributed by atoms with van der Waals surface area (Å²) in [4.78, 5) is 2.89. The highest BCUT2D eigenvalue weighted by molar-refractivity contribution is 7.12. The minimum atomic E-state index is 0.541. The maximum atomic E-state index is 3.62. The second kappa shape index (κ2) is 3.35. The van der Waals surface area contributed by atoms with Gasteiger partial charge in [0.05, 0.1) is 0 Å². The fourth-order valence-corrected chi connectivity index (χ4v) is 2.85. The maximum absolute atomic E-state index is 3.62. The first-order valence-corrected chi connectivity index (χ1v) is 6.10. The second-order valence-electron chi connectivity index (χ2n) is 5.06. The Morgan fingerprint density at radius 3 is 2.57 bits per heavy atom. The number of hydrogen-bond acceptors (Lipinski definition) is 2. The van der Waals surface area contributed by atoms with Gasteiger partial charge in [-0.05, 0) is 37.3 Å². The van der Waals surface area contributed by atoms with Crippen LogP contribution < -0.4 is 5.32 Å². The van der Waals surface area contributed by atoms with Crippen LogP contribution in [0.4, 0.5) is 0 Å². The van der Waals surface area contributed by atoms with Crippen LogP contribution in [0.3, 0.4) is 0 Å². The van der Waals surface area contributed by atoms with Gasteiger partial charge in [-0.2, -0.15) is 0 Å². The third-order valence-corrected chi connectivity index (χ3v) is 4.20. The van der Waals surface area contributed by atoms with Gasteiger partial charge in [-0.15, -0.1) is 11.3 Å². The SMILES string of the molecule is Cc1cc(CNC2CC2(C)C)c(C)s1. The molecular formula is C12H19NS. The highest BCUT2D eigenvalue weighted by Gasteiger charge is 2.44. The largest absolute Gasteiger partial charge is 0.309 e. The Balaban J connectivity index is 1.90. The van der Waals surface area contributed by atoms with Gasteiger partial charge in [0.1, 0.15) is 0 Å². The van der Waals surface area contributed by atoms with Crippen molar-refractivity contribution in [3.8, 4) is 0 Å². The molecule has 2 rings (SSSR count). The van der Waals surface area contributed by atoms with Gasteiger partial charge in [-0.1, -0.05) is 13.8 Å². The van der Waals surface area contributed by atoms with E-state index in [1.54, 1.807) is 0 Å². The van der Waals surface area contributed by atoms with Crippen LogP contribution in [0.2, 0.25) is 0 Å². The van der Waals surface area contributed by atoms with Gasteiger partial charge in [0.2, 0.25) is 0 Å². The molecule has 1 fully saturated rings. The van der Waals surface area contributed by atoms with E-state index in [4.69, 9.17) is 0 Å². The van der Waals surface area contributed by atoms with Crippen molar-refractivity contribution < 1.29 is 0 Å². The zero-order valence-corrected chi connectivity index (χ0v) is 10.3. The quantitative estimate of drug-likeness (QED) is 0.805. The van der Waals surface area contributed by atoms with Gasteiger partial charge in [0.15, 0.2) is 0 Å². The van der Waals surface area contributed by atoms with E-state index >= 15 is 0 Å². The molecule has 0 radical (unpaired) electrons. The van der Waals surface area contributed by atoms with Crippen molar-refractivity contribution >= 4 is 11.3 Å². The van der Waals surface area contributed by atoms with E-state index in [1.165, 1.54) is 21.7 Å². The molecule has 1 aromatic heterocycles. The van der Waals surface area contributed by atoms with E-state index in [1.807, 2.05) is 11.3 Å². The molecule has 0 bridgehead atoms. The molecule has 1 nitrogen and oxygen atoms in total. The molecular weight excluding hydrogens is 190 g/mol. The molecule has 0 aliphatic heterocycles. The molecule has 0 aromatic carbocycles. The lowest BCUT2D eigenvalue weighted by atomic mass is 10.2. The van der Waals surface area contributed by atoms with E-state index in [0.717, 1.165) is 12.6 Å². The number of thiophene rings is 1. The number of nitrogens with one attached hydrogen (secondary N) is 1. The van der Waals surface area contributed by atoms with Crippen LogP contribution in [0.15, 0.2) is 6.07 Å². The fourth-order valence-electron chi connectivity index (χ4n) is 1.91. The number of hydrogen-bond donors (Lipinski definition) is 1. The van der Waals surface area contributed by atoms with Crippen molar-refractivity contribution in [3.05, 3.63) is 21.4 Å². The summed E-state index contributed by atoms with van der Waals surface area (Å²) in [6, 6.07) is 3.05. The molecule has 1 N–H and O–H groups in total. The van der Waals surface area contributed by atoms with E-state index < -0.39 is 0 Å². The van der Waals surface area contributed by atoms with E-state index in [2.05, 4.69) is 39.1 Å². The summed E-state index contributed by atoms with van der Waals surface area (Å²) in [5.41, 5.74) is 2.02. The van der Waals surface area contributed by atoms with Gasteiger partial charge in [0.25, 0.3) is 0 Å². The van der Waals surface area contributed by atoms with E-state index in [9.17, 15) is 0 Å². The Kier molecular flexibility index (Phi) is 2.44. The van der Waals surface area contributed by atoms with Crippen LogP contribution in [0, 0.1) is 19.3 Å². The highest BCUT2D eigenvalue weighted by Crippen LogP contribution is 2.44. The second-order valence-corrected chi connectivity index (χ2v) is 6.53. The summed E-state index contributed by atoms with van der Waals surface area (Å²) in [6.45, 7) is 10.1. The van der Waals surface area contributed by atoms with Gasteiger partial charge < -0.3 is 5.32 Å². The van der Waals surface area contributed by atoms with Crippen LogP contribution in [0.1, 0.15) is 35.6 Å². The first kappa shape index (κ1) is 10.2. The molecule has 1 aliphatic rings. The van der Waals surface area contributed by atoms with Crippen molar-refractivity contribution in [1.29, 1.82) is 0 Å². The van der Waals surface area contributed by atoms with Crippen molar-refractivity contribution in [2.75, 3.05) is 0 Å². The van der Waals surface area contributed by atoms with Crippen molar-refractivity contribution in [2.24, 2.45) is 5.41 Å². The highest BCUT2D eigenvalue weighted by atomic mass is 32.1. The van der Waals surface area contributed by atoms with Crippen LogP contribution in [-0.2, 0) is 6.54 Å². The van der Waals surface area contributed by atoms with Gasteiger partial charge in [0, 0.05) is 22.3 Å². The molecule has 78 valence electrons. The van der Waals surface area contributed by atoms with E-state index in [-0.39, 0.29) is 0 Å². The van der Waals surface area contributed by atoms with Crippen LogP contribution in [0.5, 0.6) is 0 Å². The molecule has 1 saturated carbocycles.